The number of nitrogens with one attached hydrogen (secondary N) is 1. The van der Waals surface area contributed by atoms with E-state index >= 15 is 0 Å². The lowest BCUT2D eigenvalue weighted by atomic mass is 10.1. The first-order chi connectivity index (χ1) is 10.1. The van der Waals surface area contributed by atoms with Crippen molar-refractivity contribution >= 4 is 56.0 Å². The molecule has 0 saturated carbocycles. The molecule has 3 nitrogen and oxygen atoms in total. The van der Waals surface area contributed by atoms with Gasteiger partial charge in [0, 0.05) is 10.5 Å². The molecule has 2 aromatic carbocycles. The molecule has 1 atom stereocenters. The summed E-state index contributed by atoms with van der Waals surface area (Å²) >= 11 is 11.0. The third kappa shape index (κ3) is 3.36. The second-order valence-electron chi connectivity index (χ2n) is 4.93. The summed E-state index contributed by atoms with van der Waals surface area (Å²) in [5, 5.41) is 4.14. The van der Waals surface area contributed by atoms with Gasteiger partial charge in [-0.25, -0.2) is 0 Å². The van der Waals surface area contributed by atoms with Gasteiger partial charge in [0.1, 0.15) is 11.0 Å². The van der Waals surface area contributed by atoms with Crippen LogP contribution in [-0.2, 0) is 6.42 Å². The maximum Gasteiger partial charge on any atom is 0.129 e. The molecule has 21 heavy (non-hydrogen) atoms. The maximum atomic E-state index is 6.30. The first-order valence-corrected chi connectivity index (χ1v) is 8.45. The second kappa shape index (κ2) is 6.30. The van der Waals surface area contributed by atoms with Crippen molar-refractivity contribution in [2.45, 2.75) is 19.4 Å². The molecule has 0 bridgehead atoms. The Kier molecular flexibility index (Phi) is 4.42. The molecule has 108 valence electrons. The van der Waals surface area contributed by atoms with Crippen LogP contribution in [0, 0.1) is 0 Å². The van der Waals surface area contributed by atoms with E-state index in [-0.39, 0.29) is 6.04 Å². The fourth-order valence-corrected chi connectivity index (χ4v) is 3.25. The predicted molar refractivity (Wildman–Crippen MR) is 93.4 cm³/mol. The van der Waals surface area contributed by atoms with Crippen LogP contribution in [0.4, 0.5) is 5.69 Å². The van der Waals surface area contributed by atoms with Gasteiger partial charge in [-0.2, -0.15) is 8.75 Å². The highest BCUT2D eigenvalue weighted by atomic mass is 79.9. The van der Waals surface area contributed by atoms with Gasteiger partial charge in [-0.05, 0) is 43.2 Å². The highest BCUT2D eigenvalue weighted by molar-refractivity contribution is 9.10. The van der Waals surface area contributed by atoms with E-state index in [1.54, 1.807) is 0 Å². The smallest absolute Gasteiger partial charge is 0.129 e. The molecular weight excluding hydrogens is 370 g/mol. The Morgan fingerprint density at radius 1 is 1.19 bits per heavy atom. The fourth-order valence-electron chi connectivity index (χ4n) is 2.24. The van der Waals surface area contributed by atoms with Gasteiger partial charge in [-0.1, -0.05) is 39.7 Å². The third-order valence-electron chi connectivity index (χ3n) is 3.22. The zero-order chi connectivity index (χ0) is 14.8. The summed E-state index contributed by atoms with van der Waals surface area (Å²) in [4.78, 5) is 0. The summed E-state index contributed by atoms with van der Waals surface area (Å²) in [6, 6.07) is 12.4. The van der Waals surface area contributed by atoms with E-state index < -0.39 is 0 Å². The molecular formula is C15H13BrClN3S. The summed E-state index contributed by atoms with van der Waals surface area (Å²) in [7, 11) is 0. The van der Waals surface area contributed by atoms with Crippen molar-refractivity contribution in [3.63, 3.8) is 0 Å². The van der Waals surface area contributed by atoms with Crippen LogP contribution in [0.2, 0.25) is 5.02 Å². The van der Waals surface area contributed by atoms with E-state index in [9.17, 15) is 0 Å². The van der Waals surface area contributed by atoms with Crippen molar-refractivity contribution in [1.29, 1.82) is 0 Å². The molecule has 3 rings (SSSR count). The number of fused-ring (bicyclic) bond motifs is 1. The molecule has 6 heteroatoms. The van der Waals surface area contributed by atoms with Gasteiger partial charge in [-0.3, -0.25) is 0 Å². The van der Waals surface area contributed by atoms with E-state index in [4.69, 9.17) is 11.6 Å². The lowest BCUT2D eigenvalue weighted by Gasteiger charge is -2.16. The second-order valence-corrected chi connectivity index (χ2v) is 6.78. The van der Waals surface area contributed by atoms with Crippen LogP contribution in [0.3, 0.4) is 0 Å². The topological polar surface area (TPSA) is 37.8 Å². The maximum absolute atomic E-state index is 6.30. The van der Waals surface area contributed by atoms with E-state index in [0.29, 0.717) is 5.02 Å². The number of rotatable bonds is 4. The van der Waals surface area contributed by atoms with Gasteiger partial charge in [0.15, 0.2) is 0 Å². The van der Waals surface area contributed by atoms with Crippen molar-refractivity contribution in [1.82, 2.24) is 8.75 Å². The largest absolute Gasteiger partial charge is 0.379 e. The van der Waals surface area contributed by atoms with Crippen molar-refractivity contribution in [3.8, 4) is 0 Å². The molecule has 0 aliphatic rings. The molecule has 1 N–H and O–H groups in total. The average molecular weight is 383 g/mol. The summed E-state index contributed by atoms with van der Waals surface area (Å²) in [5.74, 6) is 0. The zero-order valence-corrected chi connectivity index (χ0v) is 14.5. The predicted octanol–water partition coefficient (Wildman–Crippen LogP) is 5.15. The molecule has 1 aromatic heterocycles. The Balaban J connectivity index is 1.79. The van der Waals surface area contributed by atoms with Crippen LogP contribution in [0.15, 0.2) is 40.9 Å². The summed E-state index contributed by atoms with van der Waals surface area (Å²) in [5.41, 5.74) is 3.86. The number of hydrogen-bond donors (Lipinski definition) is 1. The first kappa shape index (κ1) is 14.8. The molecule has 0 aliphatic heterocycles. The SMILES string of the molecule is CC(Cc1ccc(Br)cc1)Nc1c(Cl)ccc2nsnc12. The molecule has 1 unspecified atom stereocenters. The Hall–Kier alpha value is -1.17. The summed E-state index contributed by atoms with van der Waals surface area (Å²) in [6.07, 6.45) is 0.914. The third-order valence-corrected chi connectivity index (χ3v) is 4.61. The van der Waals surface area contributed by atoms with E-state index in [2.05, 4.69) is 61.2 Å². The standard InChI is InChI=1S/C15H13BrClN3S/c1-9(8-10-2-4-11(16)5-3-10)18-14-12(17)6-7-13-15(14)20-21-19-13/h2-7,9,18H,8H2,1H3. The zero-order valence-electron chi connectivity index (χ0n) is 11.3. The van der Waals surface area contributed by atoms with E-state index in [0.717, 1.165) is 27.6 Å². The van der Waals surface area contributed by atoms with Gasteiger partial charge in [0.05, 0.1) is 22.4 Å². The van der Waals surface area contributed by atoms with E-state index in [1.165, 1.54) is 17.3 Å². The first-order valence-electron chi connectivity index (χ1n) is 6.55. The van der Waals surface area contributed by atoms with Crippen LogP contribution in [0.5, 0.6) is 0 Å². The monoisotopic (exact) mass is 381 g/mol. The number of hydrogen-bond acceptors (Lipinski definition) is 4. The molecule has 0 radical (unpaired) electrons. The Bertz CT molecular complexity index is 757. The lowest BCUT2D eigenvalue weighted by molar-refractivity contribution is 0.791. The lowest BCUT2D eigenvalue weighted by Crippen LogP contribution is -2.18. The van der Waals surface area contributed by atoms with Gasteiger partial charge in [-0.15, -0.1) is 0 Å². The fraction of sp³-hybridized carbons (Fsp3) is 0.200. The minimum atomic E-state index is 0.246. The normalized spacial score (nSPS) is 12.5. The van der Waals surface area contributed by atoms with E-state index in [1.807, 2.05) is 12.1 Å². The average Bonchev–Trinajstić information content (AvgIpc) is 2.93. The molecule has 1 heterocycles. The Morgan fingerprint density at radius 3 is 2.71 bits per heavy atom. The molecule has 0 spiro atoms. The summed E-state index contributed by atoms with van der Waals surface area (Å²) in [6.45, 7) is 2.14. The van der Waals surface area contributed by atoms with Crippen LogP contribution < -0.4 is 5.32 Å². The van der Waals surface area contributed by atoms with Crippen molar-refractivity contribution in [2.24, 2.45) is 0 Å². The number of nitrogens with zero attached hydrogens (tertiary/aromatic N) is 2. The van der Waals surface area contributed by atoms with Crippen LogP contribution >= 0.6 is 39.3 Å². The Labute approximate surface area is 140 Å². The van der Waals surface area contributed by atoms with Crippen molar-refractivity contribution in [3.05, 3.63) is 51.5 Å². The molecule has 0 fully saturated rings. The van der Waals surface area contributed by atoms with Gasteiger partial charge < -0.3 is 5.32 Å². The molecule has 0 saturated heterocycles. The summed E-state index contributed by atoms with van der Waals surface area (Å²) < 4.78 is 9.67. The highest BCUT2D eigenvalue weighted by Gasteiger charge is 2.12. The van der Waals surface area contributed by atoms with Crippen LogP contribution in [-0.4, -0.2) is 14.8 Å². The van der Waals surface area contributed by atoms with Gasteiger partial charge >= 0.3 is 0 Å². The number of halogens is 2. The molecule has 0 aliphatic carbocycles. The number of anilines is 1. The minimum absolute atomic E-state index is 0.246. The van der Waals surface area contributed by atoms with Crippen LogP contribution in [0.1, 0.15) is 12.5 Å². The van der Waals surface area contributed by atoms with Gasteiger partial charge in [0.25, 0.3) is 0 Å². The quantitative estimate of drug-likeness (QED) is 0.678. The Morgan fingerprint density at radius 2 is 1.95 bits per heavy atom. The molecule has 3 aromatic rings. The highest BCUT2D eigenvalue weighted by Crippen LogP contribution is 2.30. The minimum Gasteiger partial charge on any atom is -0.379 e. The van der Waals surface area contributed by atoms with Crippen molar-refractivity contribution < 1.29 is 0 Å². The number of aromatic nitrogens is 2. The van der Waals surface area contributed by atoms with Crippen LogP contribution in [0.25, 0.3) is 11.0 Å². The van der Waals surface area contributed by atoms with Crippen molar-refractivity contribution in [2.75, 3.05) is 5.32 Å². The van der Waals surface area contributed by atoms with Gasteiger partial charge in [0.2, 0.25) is 0 Å². The molecule has 0 amide bonds. The number of benzene rings is 2.